The largest absolute Gasteiger partial charge is 0.454 e. The molecule has 7 nitrogen and oxygen atoms in total. The molecule has 0 saturated heterocycles. The summed E-state index contributed by atoms with van der Waals surface area (Å²) >= 11 is 3.05. The Morgan fingerprint density at radius 1 is 1.21 bits per heavy atom. The molecule has 0 fully saturated rings. The first kappa shape index (κ1) is 21.7. The van der Waals surface area contributed by atoms with E-state index in [-0.39, 0.29) is 32.2 Å². The molecular formula is C16H14BrF4N3O4. The molecule has 152 valence electrons. The van der Waals surface area contributed by atoms with Gasteiger partial charge in [0.2, 0.25) is 0 Å². The lowest BCUT2D eigenvalue weighted by Crippen LogP contribution is -2.41. The number of aromatic nitrogens is 2. The van der Waals surface area contributed by atoms with E-state index in [1.165, 1.54) is 0 Å². The predicted octanol–water partition coefficient (Wildman–Crippen LogP) is 3.21. The third-order valence-corrected chi connectivity index (χ3v) is 3.99. The van der Waals surface area contributed by atoms with Crippen LogP contribution in [0.3, 0.4) is 0 Å². The van der Waals surface area contributed by atoms with Gasteiger partial charge in [0.25, 0.3) is 12.4 Å². The van der Waals surface area contributed by atoms with Crippen LogP contribution in [0.5, 0.6) is 5.75 Å². The maximum atomic E-state index is 14.4. The molecule has 2 rings (SSSR count). The van der Waals surface area contributed by atoms with Crippen LogP contribution in [0.25, 0.3) is 5.69 Å². The van der Waals surface area contributed by atoms with E-state index in [1.807, 2.05) is 0 Å². The van der Waals surface area contributed by atoms with Crippen LogP contribution in [0, 0.1) is 5.82 Å². The molecule has 0 amide bonds. The zero-order chi connectivity index (χ0) is 21.2. The molecule has 1 aromatic carbocycles. The minimum absolute atomic E-state index is 0.0193. The van der Waals surface area contributed by atoms with Gasteiger partial charge in [-0.25, -0.2) is 13.8 Å². The first-order valence-corrected chi connectivity index (χ1v) is 8.38. The summed E-state index contributed by atoms with van der Waals surface area (Å²) in [6.45, 7) is 2.99. The van der Waals surface area contributed by atoms with Crippen LogP contribution in [0.2, 0.25) is 0 Å². The Bertz CT molecular complexity index is 1040. The van der Waals surface area contributed by atoms with Gasteiger partial charge in [-0.15, -0.1) is 0 Å². The second kappa shape index (κ2) is 8.17. The van der Waals surface area contributed by atoms with E-state index in [2.05, 4.69) is 21.1 Å². The summed E-state index contributed by atoms with van der Waals surface area (Å²) in [4.78, 5) is 29.3. The van der Waals surface area contributed by atoms with Crippen LogP contribution < -0.4 is 16.0 Å². The number of alkyl halides is 3. The average molecular weight is 468 g/mol. The molecule has 0 aliphatic rings. The summed E-state index contributed by atoms with van der Waals surface area (Å²) in [5.41, 5.74) is -4.12. The molecule has 0 bridgehead atoms. The number of ether oxygens (including phenoxy) is 1. The fourth-order valence-electron chi connectivity index (χ4n) is 2.17. The van der Waals surface area contributed by atoms with Crippen molar-refractivity contribution in [3.8, 4) is 11.4 Å². The van der Waals surface area contributed by atoms with E-state index >= 15 is 0 Å². The van der Waals surface area contributed by atoms with Crippen LogP contribution in [0.4, 0.5) is 17.6 Å². The summed E-state index contributed by atoms with van der Waals surface area (Å²) in [7, 11) is 0.828. The van der Waals surface area contributed by atoms with Gasteiger partial charge >= 0.3 is 11.9 Å². The smallest absolute Gasteiger partial charge is 0.431 e. The number of oxime groups is 1. The van der Waals surface area contributed by atoms with Crippen molar-refractivity contribution in [2.75, 3.05) is 6.79 Å². The molecule has 28 heavy (non-hydrogen) atoms. The van der Waals surface area contributed by atoms with Crippen LogP contribution in [-0.4, -0.2) is 21.6 Å². The molecule has 0 saturated carbocycles. The standard InChI is InChI=1S/C16H14BrF4N3O4/c1-8(2)22-28-7-27-12-5-11(10(18)4-9(12)17)24-14(25)6-13(16(19,20)21)23(3)15(24)26/h4-6H,7H2,1-3H3. The number of hydrogen-bond acceptors (Lipinski definition) is 5. The number of rotatable bonds is 5. The van der Waals surface area contributed by atoms with Gasteiger partial charge in [-0.1, -0.05) is 5.16 Å². The molecule has 0 aliphatic carbocycles. The van der Waals surface area contributed by atoms with Gasteiger partial charge in [-0.05, 0) is 35.8 Å². The summed E-state index contributed by atoms with van der Waals surface area (Å²) < 4.78 is 59.0. The summed E-state index contributed by atoms with van der Waals surface area (Å²) in [6, 6.07) is 2.11. The number of halogens is 5. The van der Waals surface area contributed by atoms with E-state index in [9.17, 15) is 27.2 Å². The van der Waals surface area contributed by atoms with Gasteiger partial charge in [0.1, 0.15) is 17.3 Å². The molecule has 0 unspecified atom stereocenters. The predicted molar refractivity (Wildman–Crippen MR) is 95.3 cm³/mol. The summed E-state index contributed by atoms with van der Waals surface area (Å²) in [5, 5.41) is 3.63. The first-order chi connectivity index (χ1) is 12.9. The van der Waals surface area contributed by atoms with E-state index in [0.29, 0.717) is 5.71 Å². The molecule has 0 spiro atoms. The molecular weight excluding hydrogens is 454 g/mol. The van der Waals surface area contributed by atoms with Gasteiger partial charge < -0.3 is 9.57 Å². The summed E-state index contributed by atoms with van der Waals surface area (Å²) in [6.07, 6.45) is -4.92. The molecule has 1 aromatic heterocycles. The first-order valence-electron chi connectivity index (χ1n) is 7.59. The lowest BCUT2D eigenvalue weighted by atomic mass is 10.2. The maximum Gasteiger partial charge on any atom is 0.431 e. The molecule has 0 N–H and O–H groups in total. The van der Waals surface area contributed by atoms with Crippen molar-refractivity contribution in [3.05, 3.63) is 55.0 Å². The third kappa shape index (κ3) is 4.61. The second-order valence-corrected chi connectivity index (χ2v) is 6.56. The fourth-order valence-corrected chi connectivity index (χ4v) is 2.59. The fraction of sp³-hybridized carbons (Fsp3) is 0.312. The highest BCUT2D eigenvalue weighted by molar-refractivity contribution is 9.10. The van der Waals surface area contributed by atoms with Crippen molar-refractivity contribution < 1.29 is 27.1 Å². The Kier molecular flexibility index (Phi) is 6.32. The Balaban J connectivity index is 2.55. The van der Waals surface area contributed by atoms with Gasteiger partial charge in [-0.2, -0.15) is 13.2 Å². The van der Waals surface area contributed by atoms with E-state index in [0.717, 1.165) is 19.2 Å². The van der Waals surface area contributed by atoms with Crippen molar-refractivity contribution in [2.24, 2.45) is 12.2 Å². The van der Waals surface area contributed by atoms with Crippen molar-refractivity contribution in [2.45, 2.75) is 20.0 Å². The molecule has 0 aliphatic heterocycles. The summed E-state index contributed by atoms with van der Waals surface area (Å²) in [5.74, 6) is -1.05. The van der Waals surface area contributed by atoms with Gasteiger partial charge in [0.05, 0.1) is 15.9 Å². The molecule has 0 atom stereocenters. The van der Waals surface area contributed by atoms with Crippen molar-refractivity contribution in [3.63, 3.8) is 0 Å². The Morgan fingerprint density at radius 2 is 1.86 bits per heavy atom. The van der Waals surface area contributed by atoms with Crippen molar-refractivity contribution in [1.82, 2.24) is 9.13 Å². The third-order valence-electron chi connectivity index (χ3n) is 3.37. The maximum absolute atomic E-state index is 14.4. The minimum atomic E-state index is -4.92. The Morgan fingerprint density at radius 3 is 2.43 bits per heavy atom. The SMILES string of the molecule is CC(C)=NOCOc1cc(-n2c(=O)cc(C(F)(F)F)n(C)c2=O)c(F)cc1Br. The van der Waals surface area contributed by atoms with Crippen LogP contribution in [-0.2, 0) is 18.1 Å². The van der Waals surface area contributed by atoms with Gasteiger partial charge in [0, 0.05) is 19.2 Å². The number of benzene rings is 1. The van der Waals surface area contributed by atoms with Gasteiger partial charge in [-0.3, -0.25) is 9.36 Å². The molecule has 0 radical (unpaired) electrons. The van der Waals surface area contributed by atoms with Gasteiger partial charge in [0.15, 0.2) is 0 Å². The van der Waals surface area contributed by atoms with Crippen LogP contribution in [0.1, 0.15) is 19.5 Å². The Labute approximate surface area is 163 Å². The van der Waals surface area contributed by atoms with E-state index in [1.54, 1.807) is 13.8 Å². The number of hydrogen-bond donors (Lipinski definition) is 0. The normalized spacial score (nSPS) is 11.3. The monoisotopic (exact) mass is 467 g/mol. The molecule has 2 aromatic rings. The second-order valence-electron chi connectivity index (χ2n) is 5.71. The molecule has 1 heterocycles. The quantitative estimate of drug-likeness (QED) is 0.222. The van der Waals surface area contributed by atoms with E-state index < -0.39 is 34.6 Å². The average Bonchev–Trinajstić information content (AvgIpc) is 2.56. The lowest BCUT2D eigenvalue weighted by molar-refractivity contribution is -0.144. The zero-order valence-electron chi connectivity index (χ0n) is 14.8. The number of nitrogens with zero attached hydrogens (tertiary/aromatic N) is 3. The molecule has 12 heteroatoms. The highest BCUT2D eigenvalue weighted by atomic mass is 79.9. The topological polar surface area (TPSA) is 74.8 Å². The van der Waals surface area contributed by atoms with Crippen LogP contribution >= 0.6 is 15.9 Å². The van der Waals surface area contributed by atoms with Crippen molar-refractivity contribution in [1.29, 1.82) is 0 Å². The van der Waals surface area contributed by atoms with Crippen molar-refractivity contribution >= 4 is 21.6 Å². The highest BCUT2D eigenvalue weighted by Crippen LogP contribution is 2.30. The van der Waals surface area contributed by atoms with E-state index in [4.69, 9.17) is 9.57 Å². The highest BCUT2D eigenvalue weighted by Gasteiger charge is 2.35. The minimum Gasteiger partial charge on any atom is -0.454 e. The zero-order valence-corrected chi connectivity index (χ0v) is 16.4. The lowest BCUT2D eigenvalue weighted by Gasteiger charge is -2.15. The Hall–Kier alpha value is -2.63. The van der Waals surface area contributed by atoms with Crippen LogP contribution in [0.15, 0.2) is 37.4 Å².